The number of ether oxygens (including phenoxy) is 1. The van der Waals surface area contributed by atoms with Crippen LogP contribution in [0.3, 0.4) is 0 Å². The first-order valence-corrected chi connectivity index (χ1v) is 9.60. The van der Waals surface area contributed by atoms with E-state index in [9.17, 15) is 14.4 Å². The van der Waals surface area contributed by atoms with Crippen LogP contribution in [0.25, 0.3) is 0 Å². The van der Waals surface area contributed by atoms with E-state index < -0.39 is 30.3 Å². The Bertz CT molecular complexity index is 903. The molecular formula is C17H18N6O5S. The molecule has 0 saturated carbocycles. The molecule has 0 bridgehead atoms. The quantitative estimate of drug-likeness (QED) is 0.606. The number of nitrogens with zero attached hydrogens (tertiary/aromatic N) is 5. The highest BCUT2D eigenvalue weighted by atomic mass is 32.2. The van der Waals surface area contributed by atoms with Gasteiger partial charge in [-0.2, -0.15) is 4.80 Å². The predicted molar refractivity (Wildman–Crippen MR) is 103 cm³/mol. The minimum absolute atomic E-state index is 0.00396. The Morgan fingerprint density at radius 3 is 2.76 bits per heavy atom. The number of amides is 1. The molecule has 0 fully saturated rings. The lowest BCUT2D eigenvalue weighted by Crippen LogP contribution is -2.44. The predicted octanol–water partition coefficient (Wildman–Crippen LogP) is 0.994. The van der Waals surface area contributed by atoms with Crippen molar-refractivity contribution in [2.24, 2.45) is 0 Å². The van der Waals surface area contributed by atoms with Gasteiger partial charge in [-0.3, -0.25) is 9.59 Å². The molecule has 152 valence electrons. The lowest BCUT2D eigenvalue weighted by molar-refractivity contribution is -0.139. The standard InChI is InChI=1S/C17H18N6O5S/c24-14(9-23-20-16(19-21-23)22-6-7-29-11-22)13(8-15(25)26)18-17(27)28-10-12-4-2-1-3-5-12/h1-7,13H,8-11H2,(H,18,27)(H,25,26). The van der Waals surface area contributed by atoms with E-state index in [2.05, 4.69) is 20.7 Å². The monoisotopic (exact) mass is 418 g/mol. The average molecular weight is 418 g/mol. The van der Waals surface area contributed by atoms with E-state index in [0.717, 1.165) is 10.4 Å². The third kappa shape index (κ3) is 6.04. The molecule has 2 N–H and O–H groups in total. The molecule has 1 aromatic carbocycles. The minimum Gasteiger partial charge on any atom is -0.481 e. The van der Waals surface area contributed by atoms with Crippen molar-refractivity contribution >= 4 is 35.6 Å². The second-order valence-corrected chi connectivity index (χ2v) is 6.86. The third-order valence-electron chi connectivity index (χ3n) is 3.82. The summed E-state index contributed by atoms with van der Waals surface area (Å²) in [4.78, 5) is 38.4. The minimum atomic E-state index is -1.28. The van der Waals surface area contributed by atoms with Crippen LogP contribution < -0.4 is 10.2 Å². The molecule has 1 aliphatic heterocycles. The molecule has 29 heavy (non-hydrogen) atoms. The van der Waals surface area contributed by atoms with Gasteiger partial charge in [0, 0.05) is 6.20 Å². The number of alkyl carbamates (subject to hydrolysis) is 1. The van der Waals surface area contributed by atoms with Crippen LogP contribution in [0, 0.1) is 0 Å². The number of aromatic nitrogens is 4. The summed E-state index contributed by atoms with van der Waals surface area (Å²) in [5, 5.41) is 25.0. The van der Waals surface area contributed by atoms with Gasteiger partial charge in [0.25, 0.3) is 5.95 Å². The Kier molecular flexibility index (Phi) is 6.79. The van der Waals surface area contributed by atoms with Gasteiger partial charge in [-0.15, -0.1) is 16.9 Å². The molecule has 3 rings (SSSR count). The van der Waals surface area contributed by atoms with E-state index in [4.69, 9.17) is 9.84 Å². The Morgan fingerprint density at radius 1 is 1.28 bits per heavy atom. The van der Waals surface area contributed by atoms with Crippen LogP contribution >= 0.6 is 11.8 Å². The molecule has 1 aliphatic rings. The second kappa shape index (κ2) is 9.68. The van der Waals surface area contributed by atoms with Gasteiger partial charge in [0.05, 0.1) is 12.3 Å². The summed E-state index contributed by atoms with van der Waals surface area (Å²) < 4.78 is 5.05. The van der Waals surface area contributed by atoms with Gasteiger partial charge < -0.3 is 20.1 Å². The van der Waals surface area contributed by atoms with Crippen molar-refractivity contribution in [3.05, 3.63) is 47.5 Å². The fourth-order valence-electron chi connectivity index (χ4n) is 2.40. The maximum atomic E-state index is 12.5. The molecule has 2 heterocycles. The summed E-state index contributed by atoms with van der Waals surface area (Å²) in [5.41, 5.74) is 0.761. The summed E-state index contributed by atoms with van der Waals surface area (Å²) >= 11 is 1.56. The summed E-state index contributed by atoms with van der Waals surface area (Å²) in [6.07, 6.45) is 0.303. The molecule has 0 radical (unpaired) electrons. The maximum absolute atomic E-state index is 12.5. The number of hydrogen-bond acceptors (Lipinski definition) is 9. The Hall–Kier alpha value is -3.41. The zero-order valence-corrected chi connectivity index (χ0v) is 16.0. The zero-order valence-electron chi connectivity index (χ0n) is 15.2. The molecule has 0 spiro atoms. The van der Waals surface area contributed by atoms with Crippen molar-refractivity contribution in [1.82, 2.24) is 25.5 Å². The lowest BCUT2D eigenvalue weighted by Gasteiger charge is -2.15. The van der Waals surface area contributed by atoms with Crippen LogP contribution in [0.1, 0.15) is 12.0 Å². The van der Waals surface area contributed by atoms with E-state index in [0.29, 0.717) is 11.8 Å². The molecular weight excluding hydrogens is 400 g/mol. The normalized spacial score (nSPS) is 13.9. The van der Waals surface area contributed by atoms with Crippen molar-refractivity contribution in [1.29, 1.82) is 0 Å². The number of hydrogen-bond donors (Lipinski definition) is 2. The topological polar surface area (TPSA) is 140 Å². The first-order valence-electron chi connectivity index (χ1n) is 8.55. The Labute approximate surface area is 169 Å². The van der Waals surface area contributed by atoms with Gasteiger partial charge in [0.2, 0.25) is 0 Å². The second-order valence-electron chi connectivity index (χ2n) is 5.99. The fourth-order valence-corrected chi connectivity index (χ4v) is 3.08. The summed E-state index contributed by atoms with van der Waals surface area (Å²) in [5.74, 6) is -0.864. The van der Waals surface area contributed by atoms with E-state index in [1.807, 2.05) is 11.5 Å². The third-order valence-corrected chi connectivity index (χ3v) is 4.56. The largest absolute Gasteiger partial charge is 0.481 e. The number of anilines is 1. The van der Waals surface area contributed by atoms with Gasteiger partial charge in [-0.25, -0.2) is 4.79 Å². The average Bonchev–Trinajstić information content (AvgIpc) is 3.38. The number of Topliss-reactive ketones (excluding diaryl/α,β-unsaturated/α-hetero) is 1. The van der Waals surface area contributed by atoms with Crippen molar-refractivity contribution in [3.8, 4) is 0 Å². The summed E-state index contributed by atoms with van der Waals surface area (Å²) in [7, 11) is 0. The SMILES string of the molecule is O=C(O)CC(NC(=O)OCc1ccccc1)C(=O)Cn1nnc(N2C=CSC2)n1. The van der Waals surface area contributed by atoms with Gasteiger partial charge in [-0.1, -0.05) is 35.4 Å². The fraction of sp³-hybridized carbons (Fsp3) is 0.294. The van der Waals surface area contributed by atoms with E-state index in [-0.39, 0.29) is 13.2 Å². The summed E-state index contributed by atoms with van der Waals surface area (Å²) in [6, 6.07) is 7.68. The number of ketones is 1. The van der Waals surface area contributed by atoms with Crippen molar-refractivity contribution in [2.45, 2.75) is 25.6 Å². The number of carbonyl (C=O) groups excluding carboxylic acids is 2. The molecule has 0 saturated heterocycles. The number of carboxylic acids is 1. The summed E-state index contributed by atoms with van der Waals surface area (Å²) in [6.45, 7) is -0.343. The van der Waals surface area contributed by atoms with E-state index in [1.54, 1.807) is 47.1 Å². The number of benzene rings is 1. The maximum Gasteiger partial charge on any atom is 0.408 e. The number of carboxylic acid groups (broad SMARTS) is 1. The smallest absolute Gasteiger partial charge is 0.408 e. The molecule has 1 aromatic heterocycles. The number of tetrazole rings is 1. The highest BCUT2D eigenvalue weighted by Crippen LogP contribution is 2.19. The van der Waals surface area contributed by atoms with Crippen LogP contribution in [-0.2, 0) is 27.5 Å². The number of aliphatic carboxylic acids is 1. The van der Waals surface area contributed by atoms with Gasteiger partial charge in [0.15, 0.2) is 5.78 Å². The molecule has 11 nitrogen and oxygen atoms in total. The Morgan fingerprint density at radius 2 is 2.07 bits per heavy atom. The molecule has 1 unspecified atom stereocenters. The molecule has 1 atom stereocenters. The number of nitrogens with one attached hydrogen (secondary N) is 1. The number of rotatable bonds is 9. The first-order chi connectivity index (χ1) is 14.0. The van der Waals surface area contributed by atoms with E-state index >= 15 is 0 Å². The molecule has 12 heteroatoms. The van der Waals surface area contributed by atoms with Crippen LogP contribution in [0.15, 0.2) is 41.9 Å². The van der Waals surface area contributed by atoms with Crippen LogP contribution in [-0.4, -0.2) is 55.1 Å². The highest BCUT2D eigenvalue weighted by Gasteiger charge is 2.26. The van der Waals surface area contributed by atoms with Crippen LogP contribution in [0.5, 0.6) is 0 Å². The van der Waals surface area contributed by atoms with E-state index in [1.165, 1.54) is 0 Å². The van der Waals surface area contributed by atoms with Gasteiger partial charge in [-0.05, 0) is 16.2 Å². The van der Waals surface area contributed by atoms with Crippen LogP contribution in [0.2, 0.25) is 0 Å². The lowest BCUT2D eigenvalue weighted by atomic mass is 10.1. The number of thioether (sulfide) groups is 1. The van der Waals surface area contributed by atoms with Crippen LogP contribution in [0.4, 0.5) is 10.7 Å². The van der Waals surface area contributed by atoms with Gasteiger partial charge >= 0.3 is 12.1 Å². The van der Waals surface area contributed by atoms with Crippen molar-refractivity contribution < 1.29 is 24.2 Å². The highest BCUT2D eigenvalue weighted by molar-refractivity contribution is 8.02. The first kappa shape index (κ1) is 20.3. The van der Waals surface area contributed by atoms with Crippen molar-refractivity contribution in [2.75, 3.05) is 10.8 Å². The zero-order chi connectivity index (χ0) is 20.6. The molecule has 2 aromatic rings. The number of carbonyl (C=O) groups is 3. The molecule has 0 aliphatic carbocycles. The Balaban J connectivity index is 1.56. The van der Waals surface area contributed by atoms with Crippen molar-refractivity contribution in [3.63, 3.8) is 0 Å². The molecule has 1 amide bonds. The van der Waals surface area contributed by atoms with Gasteiger partial charge in [0.1, 0.15) is 19.2 Å².